The fraction of sp³-hybridized carbons (Fsp3) is 0.214. The van der Waals surface area contributed by atoms with Crippen LogP contribution in [0.25, 0.3) is 78.8 Å². The van der Waals surface area contributed by atoms with Crippen molar-refractivity contribution in [3.05, 3.63) is 376 Å². The van der Waals surface area contributed by atoms with Crippen molar-refractivity contribution in [3.63, 3.8) is 0 Å². The Morgan fingerprint density at radius 2 is 0.505 bits per heavy atom. The van der Waals surface area contributed by atoms with Gasteiger partial charge in [-0.25, -0.2) is 27.4 Å². The van der Waals surface area contributed by atoms with Gasteiger partial charge in [-0.3, -0.25) is 0 Å². The molecule has 0 saturated carbocycles. The Hall–Kier alpha value is -11.4. The molecule has 7 nitrogen and oxygen atoms in total. The molecule has 0 unspecified atom stereocenters. The van der Waals surface area contributed by atoms with Crippen LogP contribution in [0.4, 0.5) is 0 Å². The van der Waals surface area contributed by atoms with Crippen molar-refractivity contribution >= 4 is 0 Å². The van der Waals surface area contributed by atoms with E-state index < -0.39 is 13.7 Å². The minimum Gasteiger partial charge on any atom is -0.201 e. The first-order valence-electron chi connectivity index (χ1n) is 39.0. The van der Waals surface area contributed by atoms with Crippen molar-refractivity contribution in [2.45, 2.75) is 96.8 Å². The van der Waals surface area contributed by atoms with Gasteiger partial charge in [-0.15, -0.1) is 0 Å². The lowest BCUT2D eigenvalue weighted by Crippen LogP contribution is -2.34. The monoisotopic (exact) mass is 1390 g/mol. The number of hydrogen-bond donors (Lipinski definition) is 0. The summed E-state index contributed by atoms with van der Waals surface area (Å²) in [6.45, 7) is 21.2. The van der Waals surface area contributed by atoms with Crippen LogP contribution in [-0.2, 0) is 49.3 Å². The highest BCUT2D eigenvalue weighted by atomic mass is 15.0. The minimum absolute atomic E-state index is 0.391. The van der Waals surface area contributed by atoms with E-state index in [2.05, 4.69) is 340 Å². The van der Waals surface area contributed by atoms with Crippen molar-refractivity contribution in [2.24, 2.45) is 49.3 Å². The highest BCUT2D eigenvalue weighted by molar-refractivity contribution is 5.68. The summed E-state index contributed by atoms with van der Waals surface area (Å²) in [4.78, 5) is 0. The maximum Gasteiger partial charge on any atom is 0.215 e. The molecule has 0 spiro atoms. The predicted molar refractivity (Wildman–Crippen MR) is 438 cm³/mol. The van der Waals surface area contributed by atoms with Gasteiger partial charge in [-0.2, -0.15) is 4.57 Å². The summed E-state index contributed by atoms with van der Waals surface area (Å²) in [5.74, 6) is 0. The zero-order valence-electron chi connectivity index (χ0n) is 71.4. The molecular weight excluding hydrogens is 1280 g/mol. The summed E-state index contributed by atoms with van der Waals surface area (Å²) in [6, 6.07) is 88.6. The molecule has 0 atom stereocenters. The van der Waals surface area contributed by atoms with E-state index in [1.54, 1.807) is 24.3 Å². The van der Waals surface area contributed by atoms with Crippen molar-refractivity contribution in [2.75, 3.05) is 0 Å². The van der Waals surface area contributed by atoms with Gasteiger partial charge in [-0.1, -0.05) is 126 Å². The summed E-state index contributed by atoms with van der Waals surface area (Å²) < 4.78 is 60.6. The summed E-state index contributed by atoms with van der Waals surface area (Å²) in [6.07, 6.45) is 12.1. The zero-order chi connectivity index (χ0) is 80.9. The first-order valence-corrected chi connectivity index (χ1v) is 36.0. The number of pyridine rings is 7. The summed E-state index contributed by atoms with van der Waals surface area (Å²) >= 11 is 0. The fourth-order valence-corrected chi connectivity index (χ4v) is 13.0. The molecule has 0 amide bonds. The molecular formula is C98H112N7+7. The Bertz CT molecular complexity index is 5090. The van der Waals surface area contributed by atoms with E-state index in [9.17, 15) is 0 Å². The lowest BCUT2D eigenvalue weighted by Gasteiger charge is -2.07. The highest BCUT2D eigenvalue weighted by Crippen LogP contribution is 2.28. The smallest absolute Gasteiger partial charge is 0.201 e. The highest BCUT2D eigenvalue weighted by Gasteiger charge is 2.19. The van der Waals surface area contributed by atoms with Gasteiger partial charge in [0.2, 0.25) is 39.9 Å². The SMILES string of the molecule is Cc1ccc(C)c(-c2cccc[n+]2C)c1.Cc1ccc(C)c(-c2cccc[n+]2C)c1.Cc1cccc(C)c1-c1cccc[n+]1C.Cc1ccccc1-c1c(C)ccc[n+]1C.Cc1ccccc1-c1cccc(C)[n+]1C.[2H]C([2H])([2H])c1ccc[n+](C)c1-c1ccccc1C.[2H]C([2H])([2H])c1cccc(C)c1-c1cccc[n+]1C. The molecule has 0 saturated heterocycles. The van der Waals surface area contributed by atoms with Gasteiger partial charge in [0.15, 0.2) is 42.9 Å². The zero-order valence-corrected chi connectivity index (χ0v) is 65.4. The largest absolute Gasteiger partial charge is 0.215 e. The van der Waals surface area contributed by atoms with Crippen molar-refractivity contribution in [3.8, 4) is 78.8 Å². The van der Waals surface area contributed by atoms with Crippen LogP contribution in [0.3, 0.4) is 0 Å². The minimum atomic E-state index is -2.10. The molecule has 0 fully saturated rings. The third kappa shape index (κ3) is 21.1. The van der Waals surface area contributed by atoms with Crippen LogP contribution in [-0.4, -0.2) is 0 Å². The van der Waals surface area contributed by atoms with Crippen LogP contribution < -0.4 is 32.0 Å². The van der Waals surface area contributed by atoms with E-state index in [4.69, 9.17) is 8.22 Å². The summed E-state index contributed by atoms with van der Waals surface area (Å²) in [7, 11) is 14.2. The second-order valence-corrected chi connectivity index (χ2v) is 27.3. The molecule has 7 heteroatoms. The third-order valence-corrected chi connectivity index (χ3v) is 19.1. The number of benzene rings is 7. The van der Waals surface area contributed by atoms with E-state index in [1.165, 1.54) is 112 Å². The molecule has 7 aromatic heterocycles. The third-order valence-electron chi connectivity index (χ3n) is 19.1. The van der Waals surface area contributed by atoms with Crippen LogP contribution in [0, 0.1) is 96.8 Å². The summed E-state index contributed by atoms with van der Waals surface area (Å²) in [5, 5.41) is 0. The maximum atomic E-state index is 7.65. The van der Waals surface area contributed by atoms with Crippen LogP contribution >= 0.6 is 0 Å². The maximum absolute atomic E-state index is 7.65. The fourth-order valence-electron chi connectivity index (χ4n) is 13.0. The van der Waals surface area contributed by atoms with Crippen molar-refractivity contribution in [1.29, 1.82) is 0 Å². The Morgan fingerprint density at radius 1 is 0.210 bits per heavy atom. The molecule has 0 bridgehead atoms. The topological polar surface area (TPSA) is 27.2 Å². The lowest BCUT2D eigenvalue weighted by atomic mass is 9.99. The standard InChI is InChI=1S/7C14H16N/c2*1-11-7-6-8-12(2)14(11)13-9-4-5-10-15(13)3;2*1-11-7-4-5-9-13(11)14-12(2)8-6-10-15(14)3;1-11-7-4-5-9-13(11)14-10-6-8-12(2)15(14)3;2*1-11-7-8-12(2)13(10-11)14-6-4-5-9-15(14)3/h7*4-10H,1-3H3/q7*+1/i1D3;;2D3;;;;. The number of hydrogen-bond acceptors (Lipinski definition) is 0. The number of rotatable bonds is 7. The molecule has 0 radical (unpaired) electrons. The number of nitrogens with zero attached hydrogens (tertiary/aromatic N) is 7. The molecule has 7 aromatic carbocycles. The van der Waals surface area contributed by atoms with Crippen LogP contribution in [0.15, 0.2) is 298 Å². The first kappa shape index (κ1) is 70.6. The average molecular weight is 1390 g/mol. The molecule has 0 N–H and O–H groups in total. The Morgan fingerprint density at radius 3 is 0.905 bits per heavy atom. The van der Waals surface area contributed by atoms with Crippen LogP contribution in [0.2, 0.25) is 0 Å². The van der Waals surface area contributed by atoms with Crippen LogP contribution in [0.1, 0.15) is 86.2 Å². The number of aromatic nitrogens is 7. The van der Waals surface area contributed by atoms with Crippen molar-refractivity contribution < 1.29 is 40.2 Å². The summed E-state index contributed by atoms with van der Waals surface area (Å²) in [5.41, 5.74) is 32.4. The molecule has 7 heterocycles. The molecule has 532 valence electrons. The van der Waals surface area contributed by atoms with E-state index in [1.807, 2.05) is 98.0 Å². The molecule has 0 aliphatic heterocycles. The second kappa shape index (κ2) is 38.2. The molecule has 14 aromatic rings. The Kier molecular flexibility index (Phi) is 25.7. The van der Waals surface area contributed by atoms with E-state index in [-0.39, 0.29) is 0 Å². The van der Waals surface area contributed by atoms with Gasteiger partial charge >= 0.3 is 0 Å². The van der Waals surface area contributed by atoms with E-state index in [0.29, 0.717) is 11.1 Å². The van der Waals surface area contributed by atoms with Gasteiger partial charge < -0.3 is 0 Å². The van der Waals surface area contributed by atoms with E-state index >= 15 is 0 Å². The second-order valence-electron chi connectivity index (χ2n) is 27.3. The molecule has 14 rings (SSSR count). The number of aryl methyl sites for hydroxylation is 20. The van der Waals surface area contributed by atoms with Crippen molar-refractivity contribution in [1.82, 2.24) is 0 Å². The lowest BCUT2D eigenvalue weighted by molar-refractivity contribution is -0.666. The Balaban J connectivity index is 0.000000163. The Labute approximate surface area is 637 Å². The predicted octanol–water partition coefficient (Wildman–Crippen LogP) is 19.6. The molecule has 0 aliphatic carbocycles. The first-order chi connectivity index (χ1) is 52.8. The van der Waals surface area contributed by atoms with Gasteiger partial charge in [0, 0.05) is 127 Å². The molecule has 105 heavy (non-hydrogen) atoms. The van der Waals surface area contributed by atoms with E-state index in [0.717, 1.165) is 33.6 Å². The van der Waals surface area contributed by atoms with Gasteiger partial charge in [0.25, 0.3) is 0 Å². The average Bonchev–Trinajstić information content (AvgIpc) is 0.777. The van der Waals surface area contributed by atoms with Gasteiger partial charge in [-0.05, 0) is 213 Å². The normalized spacial score (nSPS) is 11.4. The van der Waals surface area contributed by atoms with Gasteiger partial charge in [0.1, 0.15) is 49.3 Å². The van der Waals surface area contributed by atoms with Crippen LogP contribution in [0.5, 0.6) is 0 Å². The quantitative estimate of drug-likeness (QED) is 0.142. The van der Waals surface area contributed by atoms with Gasteiger partial charge in [0.05, 0.1) is 11.1 Å². The molecule has 0 aliphatic rings.